The van der Waals surface area contributed by atoms with Crippen molar-refractivity contribution in [1.29, 1.82) is 0 Å². The van der Waals surface area contributed by atoms with Gasteiger partial charge in [0.15, 0.2) is 0 Å². The maximum atomic E-state index is 9.56. The average Bonchev–Trinajstić information content (AvgIpc) is 2.20. The summed E-state index contributed by atoms with van der Waals surface area (Å²) in [6.07, 6.45) is 0. The molecule has 0 aliphatic heterocycles. The molecule has 0 unspecified atom stereocenters. The molecule has 0 aliphatic rings. The van der Waals surface area contributed by atoms with E-state index in [1.54, 1.807) is 6.07 Å². The van der Waals surface area contributed by atoms with Gasteiger partial charge in [-0.3, -0.25) is 0 Å². The molecular formula is C12H10OZn. The van der Waals surface area contributed by atoms with E-state index in [1.165, 1.54) is 0 Å². The van der Waals surface area contributed by atoms with Crippen LogP contribution in [0.15, 0.2) is 54.6 Å². The van der Waals surface area contributed by atoms with Gasteiger partial charge in [0.05, 0.1) is 0 Å². The minimum atomic E-state index is 0. The fourth-order valence-corrected chi connectivity index (χ4v) is 1.34. The quantitative estimate of drug-likeness (QED) is 0.754. The molecule has 66 valence electrons. The molecule has 14 heavy (non-hydrogen) atoms. The normalized spacial score (nSPS) is 9.14. The molecule has 2 aromatic rings. The molecule has 0 aromatic heterocycles. The third-order valence-corrected chi connectivity index (χ3v) is 1.99. The minimum absolute atomic E-state index is 0. The minimum Gasteiger partial charge on any atom is -0.507 e. The van der Waals surface area contributed by atoms with Crippen LogP contribution in [0.1, 0.15) is 0 Å². The molecule has 2 rings (SSSR count). The van der Waals surface area contributed by atoms with Gasteiger partial charge in [-0.05, 0) is 11.6 Å². The second kappa shape index (κ2) is 4.92. The number of phenolic OH excluding ortho intramolecular Hbond substituents is 1. The number of phenols is 1. The number of para-hydroxylation sites is 1. The van der Waals surface area contributed by atoms with E-state index in [9.17, 15) is 5.11 Å². The van der Waals surface area contributed by atoms with E-state index in [2.05, 4.69) is 0 Å². The second-order valence-electron chi connectivity index (χ2n) is 2.88. The van der Waals surface area contributed by atoms with Crippen molar-refractivity contribution in [2.75, 3.05) is 0 Å². The summed E-state index contributed by atoms with van der Waals surface area (Å²) in [6, 6.07) is 17.2. The SMILES string of the molecule is Oc1ccccc1-c1ccccc1.[Zn]. The van der Waals surface area contributed by atoms with Crippen LogP contribution >= 0.6 is 0 Å². The number of aromatic hydroxyl groups is 1. The van der Waals surface area contributed by atoms with Gasteiger partial charge in [0.25, 0.3) is 0 Å². The molecule has 0 aliphatic carbocycles. The summed E-state index contributed by atoms with van der Waals surface area (Å²) in [5.41, 5.74) is 1.92. The topological polar surface area (TPSA) is 20.2 Å². The number of hydrogen-bond donors (Lipinski definition) is 1. The average molecular weight is 236 g/mol. The summed E-state index contributed by atoms with van der Waals surface area (Å²) >= 11 is 0. The smallest absolute Gasteiger partial charge is 0.123 e. The Kier molecular flexibility index (Phi) is 3.85. The van der Waals surface area contributed by atoms with Crippen molar-refractivity contribution in [2.24, 2.45) is 0 Å². The first-order valence-electron chi connectivity index (χ1n) is 4.21. The number of rotatable bonds is 1. The van der Waals surface area contributed by atoms with Crippen LogP contribution in [0.3, 0.4) is 0 Å². The standard InChI is InChI=1S/C12H10O.Zn/c13-12-9-5-4-8-11(12)10-6-2-1-3-7-10;/h1-9,13H;. The van der Waals surface area contributed by atoms with Gasteiger partial charge in [-0.2, -0.15) is 0 Å². The molecule has 2 aromatic carbocycles. The predicted octanol–water partition coefficient (Wildman–Crippen LogP) is 3.06. The van der Waals surface area contributed by atoms with E-state index in [0.29, 0.717) is 5.75 Å². The molecule has 0 bridgehead atoms. The maximum Gasteiger partial charge on any atom is 0.123 e. The molecule has 0 radical (unpaired) electrons. The first-order valence-corrected chi connectivity index (χ1v) is 4.21. The monoisotopic (exact) mass is 234 g/mol. The summed E-state index contributed by atoms with van der Waals surface area (Å²) < 4.78 is 0. The van der Waals surface area contributed by atoms with Crippen molar-refractivity contribution in [1.82, 2.24) is 0 Å². The Bertz CT molecular complexity index is 398. The van der Waals surface area contributed by atoms with E-state index in [4.69, 9.17) is 0 Å². The van der Waals surface area contributed by atoms with Gasteiger partial charge >= 0.3 is 0 Å². The van der Waals surface area contributed by atoms with Crippen molar-refractivity contribution in [2.45, 2.75) is 0 Å². The van der Waals surface area contributed by atoms with E-state index in [1.807, 2.05) is 48.5 Å². The molecule has 0 amide bonds. The zero-order chi connectivity index (χ0) is 9.10. The summed E-state index contributed by atoms with van der Waals surface area (Å²) in [7, 11) is 0. The molecular weight excluding hydrogens is 226 g/mol. The molecule has 0 atom stereocenters. The van der Waals surface area contributed by atoms with Crippen molar-refractivity contribution in [3.8, 4) is 16.9 Å². The van der Waals surface area contributed by atoms with Gasteiger partial charge in [-0.1, -0.05) is 48.5 Å². The van der Waals surface area contributed by atoms with E-state index in [0.717, 1.165) is 11.1 Å². The maximum absolute atomic E-state index is 9.56. The Hall–Kier alpha value is -1.14. The third-order valence-electron chi connectivity index (χ3n) is 1.99. The van der Waals surface area contributed by atoms with Crippen LogP contribution in [-0.2, 0) is 19.5 Å². The number of hydrogen-bond acceptors (Lipinski definition) is 1. The summed E-state index contributed by atoms with van der Waals surface area (Å²) in [6.45, 7) is 0. The molecule has 0 saturated carbocycles. The molecule has 0 saturated heterocycles. The summed E-state index contributed by atoms with van der Waals surface area (Å²) in [4.78, 5) is 0. The Morgan fingerprint density at radius 2 is 1.29 bits per heavy atom. The Balaban J connectivity index is 0.000000980. The Labute approximate surface area is 96.2 Å². The van der Waals surface area contributed by atoms with Gasteiger partial charge < -0.3 is 5.11 Å². The zero-order valence-corrected chi connectivity index (χ0v) is 10.8. The van der Waals surface area contributed by atoms with Gasteiger partial charge in [0.1, 0.15) is 5.75 Å². The summed E-state index contributed by atoms with van der Waals surface area (Å²) in [5.74, 6) is 0.328. The van der Waals surface area contributed by atoms with Crippen LogP contribution < -0.4 is 0 Å². The second-order valence-corrected chi connectivity index (χ2v) is 2.88. The van der Waals surface area contributed by atoms with Gasteiger partial charge in [0, 0.05) is 25.0 Å². The van der Waals surface area contributed by atoms with Gasteiger partial charge in [0.2, 0.25) is 0 Å². The van der Waals surface area contributed by atoms with Gasteiger partial charge in [-0.25, -0.2) is 0 Å². The molecule has 1 N–H and O–H groups in total. The van der Waals surface area contributed by atoms with Crippen LogP contribution in [0.4, 0.5) is 0 Å². The van der Waals surface area contributed by atoms with E-state index in [-0.39, 0.29) is 19.5 Å². The third kappa shape index (κ3) is 2.21. The zero-order valence-electron chi connectivity index (χ0n) is 7.85. The largest absolute Gasteiger partial charge is 0.507 e. The first kappa shape index (κ1) is 10.9. The molecule has 0 spiro atoms. The van der Waals surface area contributed by atoms with Crippen LogP contribution in [-0.4, -0.2) is 5.11 Å². The predicted molar refractivity (Wildman–Crippen MR) is 53.5 cm³/mol. The molecule has 0 fully saturated rings. The van der Waals surface area contributed by atoms with Crippen molar-refractivity contribution < 1.29 is 24.6 Å². The molecule has 2 heteroatoms. The van der Waals surface area contributed by atoms with Gasteiger partial charge in [-0.15, -0.1) is 0 Å². The van der Waals surface area contributed by atoms with Crippen LogP contribution in [0.5, 0.6) is 5.75 Å². The van der Waals surface area contributed by atoms with Crippen molar-refractivity contribution in [3.05, 3.63) is 54.6 Å². The fourth-order valence-electron chi connectivity index (χ4n) is 1.34. The van der Waals surface area contributed by atoms with Crippen molar-refractivity contribution in [3.63, 3.8) is 0 Å². The Morgan fingerprint density at radius 3 is 1.93 bits per heavy atom. The fraction of sp³-hybridized carbons (Fsp3) is 0. The first-order chi connectivity index (χ1) is 6.38. The van der Waals surface area contributed by atoms with Crippen LogP contribution in [0.2, 0.25) is 0 Å². The van der Waals surface area contributed by atoms with E-state index >= 15 is 0 Å². The van der Waals surface area contributed by atoms with Crippen LogP contribution in [0, 0.1) is 0 Å². The number of benzene rings is 2. The van der Waals surface area contributed by atoms with E-state index < -0.39 is 0 Å². The molecule has 1 nitrogen and oxygen atoms in total. The Morgan fingerprint density at radius 1 is 0.714 bits per heavy atom. The van der Waals surface area contributed by atoms with Crippen molar-refractivity contribution >= 4 is 0 Å². The molecule has 0 heterocycles. The summed E-state index contributed by atoms with van der Waals surface area (Å²) in [5, 5.41) is 9.56. The van der Waals surface area contributed by atoms with Crippen LogP contribution in [0.25, 0.3) is 11.1 Å².